The Kier molecular flexibility index (Phi) is 36.5. The van der Waals surface area contributed by atoms with Crippen LogP contribution in [0.2, 0.25) is 0 Å². The van der Waals surface area contributed by atoms with Crippen LogP contribution in [-0.4, -0.2) is 71.7 Å². The summed E-state index contributed by atoms with van der Waals surface area (Å²) in [6.07, 6.45) is 16.3. The molecule has 0 aliphatic carbocycles. The first-order valence-corrected chi connectivity index (χ1v) is 20.4. The molecule has 8 heteroatoms. The van der Waals surface area contributed by atoms with Crippen LogP contribution in [0.4, 0.5) is 0 Å². The highest BCUT2D eigenvalue weighted by atomic mass is 16.1. The van der Waals surface area contributed by atoms with Gasteiger partial charge in [-0.15, -0.1) is 13.2 Å². The summed E-state index contributed by atoms with van der Waals surface area (Å²) in [4.78, 5) is 14.6. The van der Waals surface area contributed by atoms with Crippen molar-refractivity contribution in [1.29, 1.82) is 16.2 Å². The second kappa shape index (κ2) is 35.4. The van der Waals surface area contributed by atoms with E-state index in [1.807, 2.05) is 60.4 Å². The first-order valence-electron chi connectivity index (χ1n) is 20.4. The van der Waals surface area contributed by atoms with Gasteiger partial charge in [-0.3, -0.25) is 15.7 Å². The molecule has 0 spiro atoms. The van der Waals surface area contributed by atoms with Crippen LogP contribution in [0.1, 0.15) is 164 Å². The number of carbonyl (C=O) groups excluding carboxylic acids is 1. The lowest BCUT2D eigenvalue weighted by molar-refractivity contribution is -0.107. The van der Waals surface area contributed by atoms with Gasteiger partial charge in [-0.1, -0.05) is 110 Å². The van der Waals surface area contributed by atoms with Crippen molar-refractivity contribution in [3.63, 3.8) is 0 Å². The zero-order valence-electron chi connectivity index (χ0n) is 35.8. The predicted molar refractivity (Wildman–Crippen MR) is 231 cm³/mol. The monoisotopic (exact) mass is 728 g/mol. The highest BCUT2D eigenvalue weighted by molar-refractivity contribution is 5.98. The summed E-state index contributed by atoms with van der Waals surface area (Å²) < 4.78 is 0. The molecule has 4 unspecified atom stereocenters. The average molecular weight is 728 g/mol. The number of unbranched alkanes of at least 4 members (excludes halogenated alkanes) is 8. The first kappa shape index (κ1) is 53.7. The number of hydrogen-bond donors (Lipinski definition) is 5. The Morgan fingerprint density at radius 2 is 1.40 bits per heavy atom. The summed E-state index contributed by atoms with van der Waals surface area (Å²) in [7, 11) is 2.05. The second-order valence-corrected chi connectivity index (χ2v) is 14.3. The molecule has 0 amide bonds. The van der Waals surface area contributed by atoms with Crippen LogP contribution < -0.4 is 11.1 Å². The maximum absolute atomic E-state index is 10.0. The fraction of sp³-hybridized carbons (Fsp3) is 0.727. The highest BCUT2D eigenvalue weighted by Gasteiger charge is 2.33. The number of nitrogens with one attached hydrogen (secondary N) is 4. The third-order valence-electron chi connectivity index (χ3n) is 9.54. The summed E-state index contributed by atoms with van der Waals surface area (Å²) in [5.74, 6) is 1.61. The highest BCUT2D eigenvalue weighted by Crippen LogP contribution is 2.30. The van der Waals surface area contributed by atoms with Crippen LogP contribution in [-0.2, 0) is 4.79 Å². The van der Waals surface area contributed by atoms with Crippen molar-refractivity contribution in [2.45, 2.75) is 177 Å². The Balaban J connectivity index is -0.000000863. The van der Waals surface area contributed by atoms with Crippen LogP contribution in [0, 0.1) is 28.1 Å². The maximum Gasteiger partial charge on any atom is 0.119 e. The van der Waals surface area contributed by atoms with Gasteiger partial charge in [-0.05, 0) is 91.3 Å². The van der Waals surface area contributed by atoms with Gasteiger partial charge in [0.05, 0.1) is 5.84 Å². The SMILES string of the molecule is C=C.CC.CC(=N)C(C)C.CNC(CCN1C(C)CCC1CC(C)N(C(C)=N)C(=N)C(C)C)c1ccccc1.NCCCCCCCCCCC=O. The molecule has 302 valence electrons. The Morgan fingerprint density at radius 3 is 1.83 bits per heavy atom. The van der Waals surface area contributed by atoms with Crippen molar-refractivity contribution in [3.8, 4) is 0 Å². The van der Waals surface area contributed by atoms with Gasteiger partial charge in [0.1, 0.15) is 12.1 Å². The standard InChI is InChI=1S/C24H41N5.C11H23NO.C5H11N.C2H6.C2H4/c1-17(2)24(26)29(20(5)25)19(4)16-22-13-12-18(3)28(22)15-14-23(27-6)21-10-8-7-9-11-21;12-10-8-6-4-2-1-3-5-7-9-11-13;1-4(2)5(3)6;2*1-2/h7-11,17-19,22-23,25-27H,12-16H2,1-6H3;11H,1-10,12H2;4,6H,1-3H3;1-2H3;1-2H2. The molecule has 52 heavy (non-hydrogen) atoms. The van der Waals surface area contributed by atoms with Crippen LogP contribution in [0.15, 0.2) is 43.5 Å². The minimum absolute atomic E-state index is 0.138. The molecule has 1 aromatic rings. The minimum atomic E-state index is 0.138. The molecule has 2 rings (SSSR count). The van der Waals surface area contributed by atoms with E-state index in [0.717, 1.165) is 50.8 Å². The third-order valence-corrected chi connectivity index (χ3v) is 9.54. The largest absolute Gasteiger partial charge is 0.330 e. The lowest BCUT2D eigenvalue weighted by atomic mass is 10.0. The molecule has 1 aliphatic rings. The number of amidine groups is 2. The van der Waals surface area contributed by atoms with Gasteiger partial charge in [0, 0.05) is 48.8 Å². The second-order valence-electron chi connectivity index (χ2n) is 14.3. The Morgan fingerprint density at radius 1 is 0.904 bits per heavy atom. The normalized spacial score (nSPS) is 16.0. The van der Waals surface area contributed by atoms with Gasteiger partial charge in [-0.25, -0.2) is 0 Å². The zero-order chi connectivity index (χ0) is 40.5. The molecule has 0 aromatic heterocycles. The zero-order valence-corrected chi connectivity index (χ0v) is 35.8. The quantitative estimate of drug-likeness (QED) is 0.0300. The summed E-state index contributed by atoms with van der Waals surface area (Å²) >= 11 is 0. The fourth-order valence-electron chi connectivity index (χ4n) is 6.18. The van der Waals surface area contributed by atoms with Crippen LogP contribution in [0.25, 0.3) is 0 Å². The molecule has 1 fully saturated rings. The third kappa shape index (κ3) is 25.3. The van der Waals surface area contributed by atoms with Crippen LogP contribution in [0.5, 0.6) is 0 Å². The number of nitrogens with zero attached hydrogens (tertiary/aromatic N) is 2. The molecule has 1 aliphatic heterocycles. The molecule has 0 saturated carbocycles. The van der Waals surface area contributed by atoms with Crippen LogP contribution >= 0.6 is 0 Å². The molecule has 0 radical (unpaired) electrons. The number of aldehydes is 1. The molecule has 8 nitrogen and oxygen atoms in total. The number of carbonyl (C=O) groups is 1. The number of likely N-dealkylation sites (tertiary alicyclic amines) is 1. The molecular formula is C44H85N7O. The van der Waals surface area contributed by atoms with E-state index in [0.29, 0.717) is 35.7 Å². The Labute approximate surface area is 322 Å². The van der Waals surface area contributed by atoms with Crippen molar-refractivity contribution >= 4 is 23.7 Å². The van der Waals surface area contributed by atoms with Crippen molar-refractivity contribution in [2.24, 2.45) is 17.6 Å². The van der Waals surface area contributed by atoms with Gasteiger partial charge in [0.15, 0.2) is 0 Å². The van der Waals surface area contributed by atoms with E-state index in [1.165, 1.54) is 63.4 Å². The number of hydrogen-bond acceptors (Lipinski definition) is 7. The minimum Gasteiger partial charge on any atom is -0.330 e. The topological polar surface area (TPSA) is 133 Å². The van der Waals surface area contributed by atoms with Crippen molar-refractivity contribution in [1.82, 2.24) is 15.1 Å². The van der Waals surface area contributed by atoms with Gasteiger partial charge >= 0.3 is 0 Å². The van der Waals surface area contributed by atoms with E-state index in [1.54, 1.807) is 6.92 Å². The van der Waals surface area contributed by atoms with Crippen molar-refractivity contribution < 1.29 is 4.79 Å². The summed E-state index contributed by atoms with van der Waals surface area (Å²) in [6.45, 7) is 28.2. The summed E-state index contributed by atoms with van der Waals surface area (Å²) in [5.41, 5.74) is 7.50. The van der Waals surface area contributed by atoms with E-state index in [4.69, 9.17) is 22.0 Å². The van der Waals surface area contributed by atoms with Gasteiger partial charge in [0.2, 0.25) is 0 Å². The number of benzene rings is 1. The number of nitrogens with two attached hydrogens (primary N) is 1. The summed E-state index contributed by atoms with van der Waals surface area (Å²) in [6, 6.07) is 12.4. The van der Waals surface area contributed by atoms with Crippen LogP contribution in [0.3, 0.4) is 0 Å². The maximum atomic E-state index is 10.0. The molecule has 1 heterocycles. The smallest absolute Gasteiger partial charge is 0.119 e. The number of rotatable bonds is 20. The van der Waals surface area contributed by atoms with E-state index in [-0.39, 0.29) is 12.0 Å². The van der Waals surface area contributed by atoms with E-state index in [9.17, 15) is 4.79 Å². The molecule has 1 aromatic carbocycles. The Bertz CT molecular complexity index is 1010. The van der Waals surface area contributed by atoms with E-state index < -0.39 is 0 Å². The summed E-state index contributed by atoms with van der Waals surface area (Å²) in [5, 5.41) is 27.1. The molecule has 0 bridgehead atoms. The van der Waals surface area contributed by atoms with Crippen molar-refractivity contribution in [2.75, 3.05) is 20.1 Å². The molecule has 1 saturated heterocycles. The van der Waals surface area contributed by atoms with Gasteiger partial charge < -0.3 is 26.2 Å². The lowest BCUT2D eigenvalue weighted by Gasteiger charge is -2.37. The fourth-order valence-corrected chi connectivity index (χ4v) is 6.18. The lowest BCUT2D eigenvalue weighted by Crippen LogP contribution is -2.47. The Hall–Kier alpha value is -2.68. The molecular weight excluding hydrogens is 643 g/mol. The van der Waals surface area contributed by atoms with Gasteiger partial charge in [-0.2, -0.15) is 0 Å². The first-order chi connectivity index (χ1) is 24.8. The molecule has 4 atom stereocenters. The van der Waals surface area contributed by atoms with Crippen molar-refractivity contribution in [3.05, 3.63) is 49.1 Å². The predicted octanol–water partition coefficient (Wildman–Crippen LogP) is 11.1. The van der Waals surface area contributed by atoms with E-state index >= 15 is 0 Å². The van der Waals surface area contributed by atoms with E-state index in [2.05, 4.69) is 67.6 Å². The average Bonchev–Trinajstić information content (AvgIpc) is 3.48. The molecule has 6 N–H and O–H groups in total. The van der Waals surface area contributed by atoms with Gasteiger partial charge in [0.25, 0.3) is 0 Å².